The van der Waals surface area contributed by atoms with Crippen molar-refractivity contribution in [1.82, 2.24) is 0 Å². The summed E-state index contributed by atoms with van der Waals surface area (Å²) in [5.41, 5.74) is 1.58. The second-order valence-electron chi connectivity index (χ2n) is 4.25. The Morgan fingerprint density at radius 2 is 1.83 bits per heavy atom. The van der Waals surface area contributed by atoms with Crippen molar-refractivity contribution >= 4 is 11.0 Å². The molecule has 0 radical (unpaired) electrons. The normalized spacial score (nSPS) is 11.0. The highest BCUT2D eigenvalue weighted by atomic mass is 19.1. The van der Waals surface area contributed by atoms with Gasteiger partial charge >= 0.3 is 0 Å². The van der Waals surface area contributed by atoms with Gasteiger partial charge in [-0.05, 0) is 31.2 Å². The summed E-state index contributed by atoms with van der Waals surface area (Å²) < 4.78 is 19.4. The summed E-state index contributed by atoms with van der Waals surface area (Å²) in [4.78, 5) is 0. The number of hydrogen-bond acceptors (Lipinski definition) is 2. The molecule has 2 aromatic carbocycles. The Bertz CT molecular complexity index is 728. The number of fused-ring (bicyclic) bond motifs is 1. The van der Waals surface area contributed by atoms with E-state index in [1.54, 1.807) is 24.3 Å². The maximum atomic E-state index is 13.8. The minimum absolute atomic E-state index is 0.0987. The van der Waals surface area contributed by atoms with Gasteiger partial charge in [-0.3, -0.25) is 0 Å². The molecular formula is C15H11FO2. The van der Waals surface area contributed by atoms with Gasteiger partial charge in [-0.1, -0.05) is 18.2 Å². The summed E-state index contributed by atoms with van der Waals surface area (Å²) in [5, 5.41) is 10.5. The van der Waals surface area contributed by atoms with E-state index in [-0.39, 0.29) is 11.6 Å². The van der Waals surface area contributed by atoms with Gasteiger partial charge < -0.3 is 9.52 Å². The molecule has 1 heterocycles. The van der Waals surface area contributed by atoms with E-state index in [0.29, 0.717) is 16.7 Å². The molecular weight excluding hydrogens is 231 g/mol. The molecule has 0 amide bonds. The topological polar surface area (TPSA) is 33.4 Å². The molecule has 18 heavy (non-hydrogen) atoms. The minimum atomic E-state index is -0.335. The van der Waals surface area contributed by atoms with Crippen LogP contribution < -0.4 is 0 Å². The second kappa shape index (κ2) is 3.88. The van der Waals surface area contributed by atoms with Gasteiger partial charge in [0.25, 0.3) is 0 Å². The van der Waals surface area contributed by atoms with E-state index in [0.717, 1.165) is 11.1 Å². The third-order valence-corrected chi connectivity index (χ3v) is 2.89. The molecule has 1 aromatic heterocycles. The number of rotatable bonds is 1. The molecule has 0 aliphatic heterocycles. The first-order chi connectivity index (χ1) is 8.65. The van der Waals surface area contributed by atoms with Gasteiger partial charge in [0.2, 0.25) is 0 Å². The molecule has 0 saturated carbocycles. The zero-order chi connectivity index (χ0) is 12.7. The van der Waals surface area contributed by atoms with Crippen LogP contribution in [0.25, 0.3) is 22.1 Å². The van der Waals surface area contributed by atoms with Crippen LogP contribution in [0, 0.1) is 12.7 Å². The third kappa shape index (κ3) is 1.64. The SMILES string of the molecule is Cc1cc2cc(O)cc(-c3ccccc3F)c2o1. The number of aryl methyl sites for hydroxylation is 1. The van der Waals surface area contributed by atoms with E-state index in [2.05, 4.69) is 0 Å². The van der Waals surface area contributed by atoms with Crippen LogP contribution in [0.2, 0.25) is 0 Å². The molecule has 0 aliphatic rings. The van der Waals surface area contributed by atoms with Gasteiger partial charge in [-0.15, -0.1) is 0 Å². The standard InChI is InChI=1S/C15H11FO2/c1-9-6-10-7-11(17)8-13(15(10)18-9)12-4-2-3-5-14(12)16/h2-8,17H,1H3. The highest BCUT2D eigenvalue weighted by molar-refractivity contribution is 5.94. The summed E-state index contributed by atoms with van der Waals surface area (Å²) in [7, 11) is 0. The Labute approximate surface area is 103 Å². The highest BCUT2D eigenvalue weighted by Crippen LogP contribution is 2.35. The lowest BCUT2D eigenvalue weighted by Gasteiger charge is -2.05. The Hall–Kier alpha value is -2.29. The Morgan fingerprint density at radius 1 is 1.06 bits per heavy atom. The van der Waals surface area contributed by atoms with E-state index in [9.17, 15) is 9.50 Å². The number of phenolic OH excluding ortho intramolecular Hbond substituents is 1. The fourth-order valence-corrected chi connectivity index (χ4v) is 2.15. The number of aromatic hydroxyl groups is 1. The first-order valence-electron chi connectivity index (χ1n) is 5.63. The Kier molecular flexibility index (Phi) is 2.33. The van der Waals surface area contributed by atoms with Crippen molar-refractivity contribution in [3.63, 3.8) is 0 Å². The highest BCUT2D eigenvalue weighted by Gasteiger charge is 2.13. The molecule has 2 nitrogen and oxygen atoms in total. The van der Waals surface area contributed by atoms with Crippen molar-refractivity contribution in [3.8, 4) is 16.9 Å². The van der Waals surface area contributed by atoms with Gasteiger partial charge in [0.05, 0.1) is 0 Å². The van der Waals surface area contributed by atoms with Crippen LogP contribution in [0.3, 0.4) is 0 Å². The molecule has 3 rings (SSSR count). The van der Waals surface area contributed by atoms with Crippen molar-refractivity contribution in [1.29, 1.82) is 0 Å². The molecule has 0 bridgehead atoms. The fraction of sp³-hybridized carbons (Fsp3) is 0.0667. The van der Waals surface area contributed by atoms with Crippen LogP contribution in [0.4, 0.5) is 4.39 Å². The molecule has 1 N–H and O–H groups in total. The van der Waals surface area contributed by atoms with Gasteiger partial charge in [0.15, 0.2) is 0 Å². The van der Waals surface area contributed by atoms with Gasteiger partial charge in [-0.25, -0.2) is 4.39 Å². The van der Waals surface area contributed by atoms with Crippen molar-refractivity contribution in [2.24, 2.45) is 0 Å². The average molecular weight is 242 g/mol. The van der Waals surface area contributed by atoms with Crippen LogP contribution >= 0.6 is 0 Å². The smallest absolute Gasteiger partial charge is 0.142 e. The van der Waals surface area contributed by atoms with Crippen LogP contribution in [-0.2, 0) is 0 Å². The van der Waals surface area contributed by atoms with Crippen LogP contribution in [0.5, 0.6) is 5.75 Å². The monoisotopic (exact) mass is 242 g/mol. The van der Waals surface area contributed by atoms with Crippen LogP contribution in [0.1, 0.15) is 5.76 Å². The predicted molar refractivity (Wildman–Crippen MR) is 68.0 cm³/mol. The molecule has 0 unspecified atom stereocenters. The first kappa shape index (κ1) is 10.8. The molecule has 0 fully saturated rings. The number of hydrogen-bond donors (Lipinski definition) is 1. The van der Waals surface area contributed by atoms with E-state index >= 15 is 0 Å². The minimum Gasteiger partial charge on any atom is -0.508 e. The molecule has 90 valence electrons. The van der Waals surface area contributed by atoms with Gasteiger partial charge in [0.1, 0.15) is 22.9 Å². The largest absolute Gasteiger partial charge is 0.508 e. The third-order valence-electron chi connectivity index (χ3n) is 2.89. The second-order valence-corrected chi connectivity index (χ2v) is 4.25. The zero-order valence-electron chi connectivity index (χ0n) is 9.77. The van der Waals surface area contributed by atoms with Crippen LogP contribution in [-0.4, -0.2) is 5.11 Å². The summed E-state index contributed by atoms with van der Waals surface area (Å²) in [6.45, 7) is 1.82. The number of furan rings is 1. The number of phenols is 1. The maximum Gasteiger partial charge on any atom is 0.142 e. The average Bonchev–Trinajstić information content (AvgIpc) is 2.69. The maximum absolute atomic E-state index is 13.8. The molecule has 0 aliphatic carbocycles. The Balaban J connectivity index is 2.38. The quantitative estimate of drug-likeness (QED) is 0.691. The fourth-order valence-electron chi connectivity index (χ4n) is 2.15. The van der Waals surface area contributed by atoms with E-state index in [1.165, 1.54) is 12.1 Å². The van der Waals surface area contributed by atoms with Gasteiger partial charge in [-0.2, -0.15) is 0 Å². The summed E-state index contributed by atoms with van der Waals surface area (Å²) >= 11 is 0. The van der Waals surface area contributed by atoms with Crippen molar-refractivity contribution in [2.45, 2.75) is 6.92 Å². The van der Waals surface area contributed by atoms with Crippen molar-refractivity contribution in [2.75, 3.05) is 0 Å². The lowest BCUT2D eigenvalue weighted by Crippen LogP contribution is -1.84. The Morgan fingerprint density at radius 3 is 2.61 bits per heavy atom. The van der Waals surface area contributed by atoms with E-state index < -0.39 is 0 Å². The summed E-state index contributed by atoms with van der Waals surface area (Å²) in [5.74, 6) is 0.494. The first-order valence-corrected chi connectivity index (χ1v) is 5.63. The van der Waals surface area contributed by atoms with E-state index in [1.807, 2.05) is 13.0 Å². The zero-order valence-corrected chi connectivity index (χ0v) is 9.77. The molecule has 0 saturated heterocycles. The molecule has 3 heteroatoms. The van der Waals surface area contributed by atoms with Crippen molar-refractivity contribution in [3.05, 3.63) is 54.0 Å². The molecule has 3 aromatic rings. The molecule has 0 spiro atoms. The summed E-state index contributed by atoms with van der Waals surface area (Å²) in [6, 6.07) is 11.4. The predicted octanol–water partition coefficient (Wildman–Crippen LogP) is 4.25. The molecule has 0 atom stereocenters. The van der Waals surface area contributed by atoms with E-state index in [4.69, 9.17) is 4.42 Å². The lowest BCUT2D eigenvalue weighted by atomic mass is 10.0. The summed E-state index contributed by atoms with van der Waals surface area (Å²) in [6.07, 6.45) is 0. The number of benzene rings is 2. The van der Waals surface area contributed by atoms with Crippen molar-refractivity contribution < 1.29 is 13.9 Å². The number of halogens is 1. The lowest BCUT2D eigenvalue weighted by molar-refractivity contribution is 0.476. The van der Waals surface area contributed by atoms with Crippen LogP contribution in [0.15, 0.2) is 46.9 Å². The van der Waals surface area contributed by atoms with Gasteiger partial charge in [0, 0.05) is 16.5 Å².